The van der Waals surface area contributed by atoms with Gasteiger partial charge in [0.2, 0.25) is 5.91 Å². The number of carbonyl (C=O) groups excluding carboxylic acids is 1. The summed E-state index contributed by atoms with van der Waals surface area (Å²) in [5.41, 5.74) is -0.452. The molecule has 1 amide bonds. The van der Waals surface area contributed by atoms with Crippen LogP contribution in [-0.2, 0) is 4.79 Å². The average molecular weight is 314 g/mol. The van der Waals surface area contributed by atoms with Gasteiger partial charge in [0.1, 0.15) is 0 Å². The van der Waals surface area contributed by atoms with Crippen LogP contribution in [0.4, 0.5) is 0 Å². The topological polar surface area (TPSA) is 56.7 Å². The molecule has 1 fully saturated rings. The fourth-order valence-corrected chi connectivity index (χ4v) is 3.62. The molecule has 0 aliphatic carbocycles. The number of aliphatic imine (C=N–C) groups is 1. The summed E-state index contributed by atoms with van der Waals surface area (Å²) in [5, 5.41) is 6.72. The normalized spacial score (nSPS) is 20.6. The Bertz CT molecular complexity index is 382. The summed E-state index contributed by atoms with van der Waals surface area (Å²) >= 11 is 2.05. The number of amides is 1. The third kappa shape index (κ3) is 5.09. The molecule has 1 rings (SSSR count). The molecule has 0 saturated carbocycles. The maximum atomic E-state index is 11.8. The summed E-state index contributed by atoms with van der Waals surface area (Å²) in [6, 6.07) is 0. The third-order valence-electron chi connectivity index (χ3n) is 3.88. The lowest BCUT2D eigenvalue weighted by molar-refractivity contribution is -0.128. The van der Waals surface area contributed by atoms with E-state index in [1.807, 2.05) is 25.6 Å². The Labute approximate surface area is 133 Å². The summed E-state index contributed by atoms with van der Waals surface area (Å²) in [7, 11) is 3.48. The van der Waals surface area contributed by atoms with E-state index in [1.165, 1.54) is 0 Å². The number of hydrogen-bond donors (Lipinski definition) is 2. The molecule has 2 N–H and O–H groups in total. The molecule has 1 unspecified atom stereocenters. The van der Waals surface area contributed by atoms with E-state index in [4.69, 9.17) is 0 Å². The second-order valence-electron chi connectivity index (χ2n) is 6.46. The van der Waals surface area contributed by atoms with Crippen LogP contribution in [-0.4, -0.2) is 61.5 Å². The molecule has 0 aromatic carbocycles. The van der Waals surface area contributed by atoms with Crippen LogP contribution >= 0.6 is 11.8 Å². The van der Waals surface area contributed by atoms with Crippen molar-refractivity contribution in [1.82, 2.24) is 15.5 Å². The standard InChI is InChI=1S/C15H30N4OS/c1-11(2)12-9-19(7-8-21-12)14(17-6)18-10-15(3,4)13(20)16-5/h11-12H,7-10H2,1-6H3,(H,16,20)(H,17,18). The van der Waals surface area contributed by atoms with E-state index in [1.54, 1.807) is 14.1 Å². The zero-order valence-electron chi connectivity index (χ0n) is 14.2. The van der Waals surface area contributed by atoms with Gasteiger partial charge >= 0.3 is 0 Å². The van der Waals surface area contributed by atoms with Gasteiger partial charge in [0.25, 0.3) is 0 Å². The van der Waals surface area contributed by atoms with Crippen molar-refractivity contribution in [2.24, 2.45) is 16.3 Å². The number of guanidine groups is 1. The van der Waals surface area contributed by atoms with E-state index >= 15 is 0 Å². The molecule has 1 heterocycles. The third-order valence-corrected chi connectivity index (χ3v) is 5.42. The fraction of sp³-hybridized carbons (Fsp3) is 0.867. The molecule has 0 aromatic heterocycles. The first-order valence-corrected chi connectivity index (χ1v) is 8.66. The Kier molecular flexibility index (Phi) is 6.84. The summed E-state index contributed by atoms with van der Waals surface area (Å²) in [6.07, 6.45) is 0. The van der Waals surface area contributed by atoms with Gasteiger partial charge in [-0.15, -0.1) is 0 Å². The highest BCUT2D eigenvalue weighted by Crippen LogP contribution is 2.25. The molecule has 0 aromatic rings. The van der Waals surface area contributed by atoms with Crippen molar-refractivity contribution >= 4 is 23.6 Å². The van der Waals surface area contributed by atoms with Gasteiger partial charge in [-0.2, -0.15) is 11.8 Å². The van der Waals surface area contributed by atoms with Crippen LogP contribution in [0.1, 0.15) is 27.7 Å². The molecular weight excluding hydrogens is 284 g/mol. The molecule has 122 valence electrons. The van der Waals surface area contributed by atoms with E-state index < -0.39 is 5.41 Å². The van der Waals surface area contributed by atoms with Crippen molar-refractivity contribution in [3.05, 3.63) is 0 Å². The summed E-state index contributed by atoms with van der Waals surface area (Å²) in [5.74, 6) is 2.73. The first-order valence-electron chi connectivity index (χ1n) is 7.61. The first kappa shape index (κ1) is 18.1. The predicted octanol–water partition coefficient (Wildman–Crippen LogP) is 1.41. The summed E-state index contributed by atoms with van der Waals surface area (Å²) < 4.78 is 0. The summed E-state index contributed by atoms with van der Waals surface area (Å²) in [4.78, 5) is 18.5. The van der Waals surface area contributed by atoms with Gasteiger partial charge in [0.15, 0.2) is 5.96 Å². The summed E-state index contributed by atoms with van der Waals surface area (Å²) in [6.45, 7) is 11.0. The lowest BCUT2D eigenvalue weighted by Gasteiger charge is -2.37. The van der Waals surface area contributed by atoms with Crippen LogP contribution in [0.3, 0.4) is 0 Å². The van der Waals surface area contributed by atoms with Crippen LogP contribution in [0.25, 0.3) is 0 Å². The Morgan fingerprint density at radius 3 is 2.67 bits per heavy atom. The number of nitrogens with zero attached hydrogens (tertiary/aromatic N) is 2. The van der Waals surface area contributed by atoms with Gasteiger partial charge in [0, 0.05) is 44.7 Å². The number of carbonyl (C=O) groups is 1. The largest absolute Gasteiger partial charge is 0.359 e. The van der Waals surface area contributed by atoms with Crippen molar-refractivity contribution < 1.29 is 4.79 Å². The molecule has 1 saturated heterocycles. The Morgan fingerprint density at radius 1 is 1.48 bits per heavy atom. The lowest BCUT2D eigenvalue weighted by Crippen LogP contribution is -2.52. The van der Waals surface area contributed by atoms with Gasteiger partial charge in [0.05, 0.1) is 5.41 Å². The maximum absolute atomic E-state index is 11.8. The maximum Gasteiger partial charge on any atom is 0.227 e. The highest BCUT2D eigenvalue weighted by atomic mass is 32.2. The average Bonchev–Trinajstić information content (AvgIpc) is 2.47. The minimum absolute atomic E-state index is 0.0414. The Hall–Kier alpha value is -0.910. The molecule has 5 nitrogen and oxygen atoms in total. The predicted molar refractivity (Wildman–Crippen MR) is 91.9 cm³/mol. The van der Waals surface area contributed by atoms with Crippen LogP contribution in [0, 0.1) is 11.3 Å². The van der Waals surface area contributed by atoms with E-state index in [9.17, 15) is 4.79 Å². The second kappa shape index (κ2) is 7.92. The van der Waals surface area contributed by atoms with E-state index in [2.05, 4.69) is 34.4 Å². The smallest absolute Gasteiger partial charge is 0.227 e. The molecule has 6 heteroatoms. The molecule has 1 aliphatic rings. The second-order valence-corrected chi connectivity index (χ2v) is 7.81. The number of thioether (sulfide) groups is 1. The van der Waals surface area contributed by atoms with E-state index in [-0.39, 0.29) is 5.91 Å². The molecule has 1 aliphatic heterocycles. The molecule has 1 atom stereocenters. The van der Waals surface area contributed by atoms with Gasteiger partial charge in [-0.3, -0.25) is 9.79 Å². The van der Waals surface area contributed by atoms with Crippen LogP contribution in [0.2, 0.25) is 0 Å². The minimum Gasteiger partial charge on any atom is -0.359 e. The SMILES string of the molecule is CN=C(NCC(C)(C)C(=O)NC)N1CCSC(C(C)C)C1. The van der Waals surface area contributed by atoms with E-state index in [0.29, 0.717) is 17.7 Å². The fourth-order valence-electron chi connectivity index (χ4n) is 2.32. The van der Waals surface area contributed by atoms with Crippen LogP contribution in [0.5, 0.6) is 0 Å². The quantitative estimate of drug-likeness (QED) is 0.608. The zero-order valence-corrected chi connectivity index (χ0v) is 15.0. The zero-order chi connectivity index (χ0) is 16.0. The molecule has 0 radical (unpaired) electrons. The Balaban J connectivity index is 2.61. The number of nitrogens with one attached hydrogen (secondary N) is 2. The minimum atomic E-state index is -0.452. The van der Waals surface area contributed by atoms with Gasteiger partial charge in [-0.05, 0) is 19.8 Å². The first-order chi connectivity index (χ1) is 9.81. The van der Waals surface area contributed by atoms with Gasteiger partial charge < -0.3 is 15.5 Å². The highest BCUT2D eigenvalue weighted by Gasteiger charge is 2.29. The molecule has 21 heavy (non-hydrogen) atoms. The number of rotatable bonds is 4. The van der Waals surface area contributed by atoms with Crippen LogP contribution < -0.4 is 10.6 Å². The van der Waals surface area contributed by atoms with Crippen molar-refractivity contribution in [2.45, 2.75) is 32.9 Å². The molecular formula is C15H30N4OS. The molecule has 0 spiro atoms. The Morgan fingerprint density at radius 2 is 2.14 bits per heavy atom. The lowest BCUT2D eigenvalue weighted by atomic mass is 9.92. The number of hydrogen-bond acceptors (Lipinski definition) is 3. The van der Waals surface area contributed by atoms with Gasteiger partial charge in [-0.1, -0.05) is 13.8 Å². The molecule has 0 bridgehead atoms. The van der Waals surface area contributed by atoms with Crippen molar-refractivity contribution in [3.8, 4) is 0 Å². The monoisotopic (exact) mass is 314 g/mol. The van der Waals surface area contributed by atoms with Crippen LogP contribution in [0.15, 0.2) is 4.99 Å². The van der Waals surface area contributed by atoms with Crippen molar-refractivity contribution in [2.75, 3.05) is 39.5 Å². The van der Waals surface area contributed by atoms with Crippen molar-refractivity contribution in [1.29, 1.82) is 0 Å². The highest BCUT2D eigenvalue weighted by molar-refractivity contribution is 8.00. The van der Waals surface area contributed by atoms with E-state index in [0.717, 1.165) is 24.8 Å². The van der Waals surface area contributed by atoms with Crippen molar-refractivity contribution in [3.63, 3.8) is 0 Å². The van der Waals surface area contributed by atoms with Gasteiger partial charge in [-0.25, -0.2) is 0 Å².